The van der Waals surface area contributed by atoms with Crippen LogP contribution in [0, 0.1) is 0 Å². The van der Waals surface area contributed by atoms with Crippen molar-refractivity contribution in [1.29, 1.82) is 0 Å². The van der Waals surface area contributed by atoms with E-state index in [9.17, 15) is 0 Å². The van der Waals surface area contributed by atoms with E-state index in [0.717, 1.165) is 33.4 Å². The molecule has 0 N–H and O–H groups in total. The summed E-state index contributed by atoms with van der Waals surface area (Å²) in [7, 11) is 0. The molecule has 0 aliphatic carbocycles. The SMILES string of the molecule is c1ccc2nc(-n3c4cccnc4c4c5sc6ccccc6c5ccc43)cnc2c1. The van der Waals surface area contributed by atoms with Crippen LogP contribution in [0.1, 0.15) is 0 Å². The lowest BCUT2D eigenvalue weighted by atomic mass is 10.1. The zero-order chi connectivity index (χ0) is 19.7. The molecule has 4 nitrogen and oxygen atoms in total. The van der Waals surface area contributed by atoms with Crippen LogP contribution < -0.4 is 0 Å². The first kappa shape index (κ1) is 16.0. The zero-order valence-corrected chi connectivity index (χ0v) is 16.6. The highest BCUT2D eigenvalue weighted by Crippen LogP contribution is 2.42. The first-order valence-corrected chi connectivity index (χ1v) is 10.6. The van der Waals surface area contributed by atoms with E-state index in [-0.39, 0.29) is 0 Å². The summed E-state index contributed by atoms with van der Waals surface area (Å²) >= 11 is 1.83. The number of benzene rings is 3. The largest absolute Gasteiger partial charge is 0.291 e. The van der Waals surface area contributed by atoms with E-state index in [4.69, 9.17) is 9.97 Å². The van der Waals surface area contributed by atoms with Gasteiger partial charge in [-0.15, -0.1) is 11.3 Å². The molecule has 0 fully saturated rings. The summed E-state index contributed by atoms with van der Waals surface area (Å²) in [5.74, 6) is 0.808. The molecular weight excluding hydrogens is 388 g/mol. The summed E-state index contributed by atoms with van der Waals surface area (Å²) in [5.41, 5.74) is 4.93. The molecule has 0 aliphatic rings. The summed E-state index contributed by atoms with van der Waals surface area (Å²) in [4.78, 5) is 14.3. The molecule has 7 aromatic rings. The third kappa shape index (κ3) is 2.07. The Hall–Kier alpha value is -3.83. The van der Waals surface area contributed by atoms with Crippen molar-refractivity contribution in [3.05, 3.63) is 85.2 Å². The standard InChI is InChI=1S/C25H14N4S/c1-4-10-21-15(6-1)16-11-12-19-23(25(16)30-21)24-20(9-5-13-26-24)29(19)22-14-27-17-7-2-3-8-18(17)28-22/h1-14H. The van der Waals surface area contributed by atoms with Crippen LogP contribution in [0.5, 0.6) is 0 Å². The molecule has 0 unspecified atom stereocenters. The normalized spacial score (nSPS) is 12.0. The fourth-order valence-electron chi connectivity index (χ4n) is 4.40. The van der Waals surface area contributed by atoms with Crippen LogP contribution in [-0.4, -0.2) is 19.5 Å². The number of fused-ring (bicyclic) bond motifs is 8. The number of aromatic nitrogens is 4. The lowest BCUT2D eigenvalue weighted by Crippen LogP contribution is -1.99. The molecule has 0 bridgehead atoms. The van der Waals surface area contributed by atoms with Crippen LogP contribution >= 0.6 is 11.3 Å². The zero-order valence-electron chi connectivity index (χ0n) is 15.8. The van der Waals surface area contributed by atoms with E-state index >= 15 is 0 Å². The van der Waals surface area contributed by atoms with Crippen LogP contribution in [0.15, 0.2) is 85.2 Å². The lowest BCUT2D eigenvalue weighted by molar-refractivity contribution is 1.07. The minimum Gasteiger partial charge on any atom is -0.291 e. The summed E-state index contributed by atoms with van der Waals surface area (Å²) in [5, 5.41) is 3.75. The molecular formula is C25H14N4S. The number of para-hydroxylation sites is 2. The average molecular weight is 402 g/mol. The Bertz CT molecular complexity index is 1760. The van der Waals surface area contributed by atoms with E-state index in [1.807, 2.05) is 54.1 Å². The Kier molecular flexibility index (Phi) is 3.12. The van der Waals surface area contributed by atoms with Gasteiger partial charge in [-0.25, -0.2) is 4.98 Å². The van der Waals surface area contributed by atoms with Gasteiger partial charge in [0.15, 0.2) is 5.82 Å². The van der Waals surface area contributed by atoms with Crippen LogP contribution in [0.4, 0.5) is 0 Å². The van der Waals surface area contributed by atoms with E-state index in [0.29, 0.717) is 0 Å². The number of hydrogen-bond donors (Lipinski definition) is 0. The molecule has 0 amide bonds. The molecule has 0 saturated heterocycles. The van der Waals surface area contributed by atoms with Gasteiger partial charge in [-0.05, 0) is 36.4 Å². The second-order valence-corrected chi connectivity index (χ2v) is 8.41. The lowest BCUT2D eigenvalue weighted by Gasteiger charge is -2.07. The maximum Gasteiger partial charge on any atom is 0.156 e. The number of pyridine rings is 1. The Morgan fingerprint density at radius 3 is 2.53 bits per heavy atom. The molecule has 7 rings (SSSR count). The van der Waals surface area contributed by atoms with Gasteiger partial charge in [-0.1, -0.05) is 36.4 Å². The van der Waals surface area contributed by atoms with Gasteiger partial charge in [-0.3, -0.25) is 14.5 Å². The van der Waals surface area contributed by atoms with Crippen LogP contribution in [-0.2, 0) is 0 Å². The third-order valence-corrected chi connectivity index (χ3v) is 6.90. The highest BCUT2D eigenvalue weighted by Gasteiger charge is 2.18. The molecule has 30 heavy (non-hydrogen) atoms. The van der Waals surface area contributed by atoms with Crippen molar-refractivity contribution in [3.63, 3.8) is 0 Å². The van der Waals surface area contributed by atoms with Gasteiger partial charge in [0.25, 0.3) is 0 Å². The van der Waals surface area contributed by atoms with Crippen LogP contribution in [0.3, 0.4) is 0 Å². The Morgan fingerprint density at radius 1 is 0.700 bits per heavy atom. The average Bonchev–Trinajstić information content (AvgIpc) is 3.34. The Morgan fingerprint density at radius 2 is 1.57 bits per heavy atom. The minimum atomic E-state index is 0.808. The number of hydrogen-bond acceptors (Lipinski definition) is 4. The van der Waals surface area contributed by atoms with Crippen molar-refractivity contribution < 1.29 is 0 Å². The van der Waals surface area contributed by atoms with Gasteiger partial charge >= 0.3 is 0 Å². The van der Waals surface area contributed by atoms with Crippen molar-refractivity contribution in [2.45, 2.75) is 0 Å². The predicted octanol–water partition coefficient (Wildman–Crippen LogP) is 6.49. The van der Waals surface area contributed by atoms with Crippen molar-refractivity contribution in [2.75, 3.05) is 0 Å². The highest BCUT2D eigenvalue weighted by molar-refractivity contribution is 7.26. The predicted molar refractivity (Wildman–Crippen MR) is 125 cm³/mol. The van der Waals surface area contributed by atoms with Crippen molar-refractivity contribution in [2.24, 2.45) is 0 Å². The van der Waals surface area contributed by atoms with E-state index in [1.165, 1.54) is 25.6 Å². The van der Waals surface area contributed by atoms with Gasteiger partial charge in [0, 0.05) is 31.8 Å². The molecule has 4 aromatic heterocycles. The van der Waals surface area contributed by atoms with Crippen LogP contribution in [0.2, 0.25) is 0 Å². The van der Waals surface area contributed by atoms with Gasteiger partial charge in [0.05, 0.1) is 33.8 Å². The first-order chi connectivity index (χ1) is 14.9. The Balaban J connectivity index is 1.67. The molecule has 4 heterocycles. The molecule has 0 spiro atoms. The van der Waals surface area contributed by atoms with Gasteiger partial charge in [-0.2, -0.15) is 0 Å². The maximum absolute atomic E-state index is 4.92. The number of thiophene rings is 1. The minimum absolute atomic E-state index is 0.808. The molecule has 140 valence electrons. The topological polar surface area (TPSA) is 43.6 Å². The van der Waals surface area contributed by atoms with Crippen molar-refractivity contribution in [3.8, 4) is 5.82 Å². The Labute approximate surface area is 175 Å². The van der Waals surface area contributed by atoms with E-state index in [1.54, 1.807) is 0 Å². The highest BCUT2D eigenvalue weighted by atomic mass is 32.1. The molecule has 3 aromatic carbocycles. The number of rotatable bonds is 1. The fraction of sp³-hybridized carbons (Fsp3) is 0. The van der Waals surface area contributed by atoms with Gasteiger partial charge in [0.2, 0.25) is 0 Å². The summed E-state index contributed by atoms with van der Waals surface area (Å²) in [6.45, 7) is 0. The second kappa shape index (κ2) is 5.84. The third-order valence-electron chi connectivity index (χ3n) is 5.69. The van der Waals surface area contributed by atoms with Gasteiger partial charge in [0.1, 0.15) is 0 Å². The van der Waals surface area contributed by atoms with Gasteiger partial charge < -0.3 is 0 Å². The van der Waals surface area contributed by atoms with E-state index < -0.39 is 0 Å². The fourth-order valence-corrected chi connectivity index (χ4v) is 5.64. The smallest absolute Gasteiger partial charge is 0.156 e. The molecule has 0 radical (unpaired) electrons. The maximum atomic E-state index is 4.92. The summed E-state index contributed by atoms with van der Waals surface area (Å²) in [6, 6.07) is 25.1. The molecule has 0 aliphatic heterocycles. The second-order valence-electron chi connectivity index (χ2n) is 7.36. The monoisotopic (exact) mass is 402 g/mol. The molecule has 5 heteroatoms. The molecule has 0 saturated carbocycles. The first-order valence-electron chi connectivity index (χ1n) is 9.80. The van der Waals surface area contributed by atoms with E-state index in [2.05, 4.69) is 52.0 Å². The number of nitrogens with zero attached hydrogens (tertiary/aromatic N) is 4. The van der Waals surface area contributed by atoms with Crippen molar-refractivity contribution in [1.82, 2.24) is 19.5 Å². The summed E-state index contributed by atoms with van der Waals surface area (Å²) < 4.78 is 4.74. The summed E-state index contributed by atoms with van der Waals surface area (Å²) in [6.07, 6.45) is 3.72. The van der Waals surface area contributed by atoms with Crippen LogP contribution in [0.25, 0.3) is 59.0 Å². The van der Waals surface area contributed by atoms with Crippen molar-refractivity contribution >= 4 is 64.5 Å². The quantitative estimate of drug-likeness (QED) is 0.315. The molecule has 0 atom stereocenters.